The standard InChI is InChI=1S/C20H26N6/c1-2-21-20(22-10-14-25-11-3-4-12-25)23-16-18-7-5-8-19(15-18)17-26-13-6-9-24-26/h3-9,11-13,15H,2,10,14,16-17H2,1H3,(H2,21,22,23). The summed E-state index contributed by atoms with van der Waals surface area (Å²) in [6.45, 7) is 6.09. The molecule has 6 nitrogen and oxygen atoms in total. The van der Waals surface area contributed by atoms with E-state index in [1.807, 2.05) is 29.1 Å². The molecule has 136 valence electrons. The zero-order chi connectivity index (χ0) is 18.0. The Morgan fingerprint density at radius 2 is 1.88 bits per heavy atom. The van der Waals surface area contributed by atoms with Crippen LogP contribution in [-0.2, 0) is 19.6 Å². The van der Waals surface area contributed by atoms with Crippen molar-refractivity contribution in [3.05, 3.63) is 78.4 Å². The van der Waals surface area contributed by atoms with Crippen LogP contribution in [-0.4, -0.2) is 33.4 Å². The number of aliphatic imine (C=N–C) groups is 1. The molecule has 0 unspecified atom stereocenters. The third-order valence-corrected chi connectivity index (χ3v) is 3.99. The van der Waals surface area contributed by atoms with Crippen molar-refractivity contribution < 1.29 is 0 Å². The lowest BCUT2D eigenvalue weighted by Gasteiger charge is -2.12. The Labute approximate surface area is 154 Å². The molecule has 0 bridgehead atoms. The van der Waals surface area contributed by atoms with E-state index < -0.39 is 0 Å². The second-order valence-corrected chi connectivity index (χ2v) is 6.07. The lowest BCUT2D eigenvalue weighted by molar-refractivity contribution is 0.665. The van der Waals surface area contributed by atoms with Crippen LogP contribution in [0.25, 0.3) is 0 Å². The molecule has 0 aliphatic rings. The molecule has 0 spiro atoms. The number of hydrogen-bond acceptors (Lipinski definition) is 2. The van der Waals surface area contributed by atoms with Crippen LogP contribution in [0.4, 0.5) is 0 Å². The van der Waals surface area contributed by atoms with Gasteiger partial charge in [-0.25, -0.2) is 4.99 Å². The van der Waals surface area contributed by atoms with Crippen LogP contribution in [0.15, 0.2) is 72.2 Å². The highest BCUT2D eigenvalue weighted by atomic mass is 15.3. The van der Waals surface area contributed by atoms with Crippen molar-refractivity contribution in [1.82, 2.24) is 25.0 Å². The molecule has 2 heterocycles. The van der Waals surface area contributed by atoms with Crippen molar-refractivity contribution in [3.8, 4) is 0 Å². The summed E-state index contributed by atoms with van der Waals surface area (Å²) in [6, 6.07) is 14.5. The molecule has 0 saturated heterocycles. The second kappa shape index (κ2) is 9.46. The van der Waals surface area contributed by atoms with E-state index in [1.54, 1.807) is 6.20 Å². The highest BCUT2D eigenvalue weighted by Gasteiger charge is 2.00. The van der Waals surface area contributed by atoms with Crippen LogP contribution in [0.2, 0.25) is 0 Å². The van der Waals surface area contributed by atoms with Crippen LogP contribution >= 0.6 is 0 Å². The normalized spacial score (nSPS) is 11.5. The number of nitrogens with one attached hydrogen (secondary N) is 2. The topological polar surface area (TPSA) is 59.2 Å². The van der Waals surface area contributed by atoms with E-state index in [1.165, 1.54) is 11.1 Å². The average Bonchev–Trinajstić information content (AvgIpc) is 3.34. The number of guanidine groups is 1. The van der Waals surface area contributed by atoms with Gasteiger partial charge in [0.25, 0.3) is 0 Å². The number of hydrogen-bond donors (Lipinski definition) is 2. The lowest BCUT2D eigenvalue weighted by Crippen LogP contribution is -2.38. The maximum atomic E-state index is 4.70. The van der Waals surface area contributed by atoms with Gasteiger partial charge < -0.3 is 15.2 Å². The fourth-order valence-corrected chi connectivity index (χ4v) is 2.74. The van der Waals surface area contributed by atoms with Gasteiger partial charge in [-0.15, -0.1) is 0 Å². The molecule has 0 aliphatic carbocycles. The predicted octanol–water partition coefficient (Wildman–Crippen LogP) is 2.49. The molecule has 2 aromatic heterocycles. The molecule has 2 N–H and O–H groups in total. The maximum absolute atomic E-state index is 4.70. The van der Waals surface area contributed by atoms with E-state index >= 15 is 0 Å². The third kappa shape index (κ3) is 5.51. The first-order chi connectivity index (χ1) is 12.8. The molecule has 0 saturated carbocycles. The van der Waals surface area contributed by atoms with Crippen LogP contribution in [0.1, 0.15) is 18.1 Å². The lowest BCUT2D eigenvalue weighted by atomic mass is 10.1. The Morgan fingerprint density at radius 1 is 1.04 bits per heavy atom. The summed E-state index contributed by atoms with van der Waals surface area (Å²) in [5.74, 6) is 0.845. The molecule has 0 radical (unpaired) electrons. The van der Waals surface area contributed by atoms with E-state index in [0.717, 1.165) is 32.1 Å². The largest absolute Gasteiger partial charge is 0.357 e. The van der Waals surface area contributed by atoms with E-state index in [0.29, 0.717) is 6.54 Å². The Hall–Kier alpha value is -3.02. The van der Waals surface area contributed by atoms with Gasteiger partial charge in [-0.2, -0.15) is 5.10 Å². The quantitative estimate of drug-likeness (QED) is 0.485. The summed E-state index contributed by atoms with van der Waals surface area (Å²) in [4.78, 5) is 4.70. The van der Waals surface area contributed by atoms with Gasteiger partial charge in [0.05, 0.1) is 13.1 Å². The van der Waals surface area contributed by atoms with Crippen LogP contribution in [0.5, 0.6) is 0 Å². The first-order valence-electron chi connectivity index (χ1n) is 9.01. The summed E-state index contributed by atoms with van der Waals surface area (Å²) in [5.41, 5.74) is 2.42. The van der Waals surface area contributed by atoms with E-state index in [2.05, 4.69) is 63.9 Å². The highest BCUT2D eigenvalue weighted by molar-refractivity contribution is 5.79. The SMILES string of the molecule is CCNC(=NCc1cccc(Cn2cccn2)c1)NCCn1cccc1. The molecular formula is C20H26N6. The number of rotatable bonds is 8. The first kappa shape index (κ1) is 17.8. The minimum absolute atomic E-state index is 0.645. The molecule has 0 fully saturated rings. The number of benzene rings is 1. The molecule has 26 heavy (non-hydrogen) atoms. The molecule has 6 heteroatoms. The summed E-state index contributed by atoms with van der Waals surface area (Å²) < 4.78 is 4.07. The molecule has 1 aromatic carbocycles. The minimum Gasteiger partial charge on any atom is -0.357 e. The zero-order valence-corrected chi connectivity index (χ0v) is 15.2. The smallest absolute Gasteiger partial charge is 0.191 e. The molecular weight excluding hydrogens is 324 g/mol. The van der Waals surface area contributed by atoms with Crippen molar-refractivity contribution in [2.45, 2.75) is 26.6 Å². The van der Waals surface area contributed by atoms with Gasteiger partial charge >= 0.3 is 0 Å². The zero-order valence-electron chi connectivity index (χ0n) is 15.2. The third-order valence-electron chi connectivity index (χ3n) is 3.99. The van der Waals surface area contributed by atoms with Crippen LogP contribution in [0.3, 0.4) is 0 Å². The summed E-state index contributed by atoms with van der Waals surface area (Å²) >= 11 is 0. The van der Waals surface area contributed by atoms with Crippen molar-refractivity contribution >= 4 is 5.96 Å². The highest BCUT2D eigenvalue weighted by Crippen LogP contribution is 2.08. The molecule has 0 atom stereocenters. The average molecular weight is 350 g/mol. The Bertz CT molecular complexity index is 790. The summed E-state index contributed by atoms with van der Waals surface area (Å²) in [7, 11) is 0. The summed E-state index contributed by atoms with van der Waals surface area (Å²) in [5, 5.41) is 10.9. The molecule has 0 amide bonds. The van der Waals surface area contributed by atoms with Gasteiger partial charge in [0.15, 0.2) is 5.96 Å². The second-order valence-electron chi connectivity index (χ2n) is 6.07. The Kier molecular flexibility index (Phi) is 6.47. The predicted molar refractivity (Wildman–Crippen MR) is 105 cm³/mol. The van der Waals surface area contributed by atoms with Gasteiger partial charge in [0.2, 0.25) is 0 Å². The number of nitrogens with zero attached hydrogens (tertiary/aromatic N) is 4. The summed E-state index contributed by atoms with van der Waals surface area (Å²) in [6.07, 6.45) is 7.91. The maximum Gasteiger partial charge on any atom is 0.191 e. The fourth-order valence-electron chi connectivity index (χ4n) is 2.74. The Balaban J connectivity index is 1.56. The molecule has 0 aliphatic heterocycles. The Morgan fingerprint density at radius 3 is 2.65 bits per heavy atom. The van der Waals surface area contributed by atoms with Gasteiger partial charge in [-0.1, -0.05) is 24.3 Å². The van der Waals surface area contributed by atoms with Gasteiger partial charge in [-0.3, -0.25) is 4.68 Å². The van der Waals surface area contributed by atoms with Crippen molar-refractivity contribution in [2.75, 3.05) is 13.1 Å². The molecule has 3 rings (SSSR count). The number of aromatic nitrogens is 3. The van der Waals surface area contributed by atoms with E-state index in [4.69, 9.17) is 4.99 Å². The monoisotopic (exact) mass is 350 g/mol. The van der Waals surface area contributed by atoms with Crippen molar-refractivity contribution in [2.24, 2.45) is 4.99 Å². The van der Waals surface area contributed by atoms with Crippen molar-refractivity contribution in [3.63, 3.8) is 0 Å². The first-order valence-corrected chi connectivity index (χ1v) is 9.01. The van der Waals surface area contributed by atoms with Crippen LogP contribution in [0, 0.1) is 0 Å². The van der Waals surface area contributed by atoms with Crippen LogP contribution < -0.4 is 10.6 Å². The minimum atomic E-state index is 0.645. The molecule has 3 aromatic rings. The van der Waals surface area contributed by atoms with Gasteiger partial charge in [0.1, 0.15) is 0 Å². The van der Waals surface area contributed by atoms with E-state index in [9.17, 15) is 0 Å². The van der Waals surface area contributed by atoms with Gasteiger partial charge in [0, 0.05) is 44.4 Å². The van der Waals surface area contributed by atoms with E-state index in [-0.39, 0.29) is 0 Å². The fraction of sp³-hybridized carbons (Fsp3) is 0.300. The van der Waals surface area contributed by atoms with Gasteiger partial charge in [-0.05, 0) is 36.2 Å². The van der Waals surface area contributed by atoms with Crippen molar-refractivity contribution in [1.29, 1.82) is 0 Å².